The normalized spacial score (nSPS) is 11.1. The van der Waals surface area contributed by atoms with E-state index in [4.69, 9.17) is 0 Å². The predicted octanol–water partition coefficient (Wildman–Crippen LogP) is 2.72. The zero-order valence-electron chi connectivity index (χ0n) is 10.7. The van der Waals surface area contributed by atoms with Crippen LogP contribution in [0.4, 0.5) is 0 Å². The Kier molecular flexibility index (Phi) is 2.37. The third kappa shape index (κ3) is 1.57. The van der Waals surface area contributed by atoms with E-state index in [0.717, 1.165) is 22.8 Å². The van der Waals surface area contributed by atoms with E-state index in [1.54, 1.807) is 0 Å². The zero-order valence-corrected chi connectivity index (χ0v) is 10.7. The van der Waals surface area contributed by atoms with E-state index in [1.807, 2.05) is 36.4 Å². The number of nitrogens with zero attached hydrogens (tertiary/aromatic N) is 4. The highest BCUT2D eigenvalue weighted by Crippen LogP contribution is 2.22. The van der Waals surface area contributed by atoms with Crippen LogP contribution in [0.2, 0.25) is 0 Å². The van der Waals surface area contributed by atoms with Gasteiger partial charge in [-0.25, -0.2) is 4.98 Å². The second kappa shape index (κ2) is 3.91. The fourth-order valence-corrected chi connectivity index (χ4v) is 2.23. The molecule has 2 aromatic heterocycles. The Labute approximate surface area is 105 Å². The number of hydrogen-bond acceptors (Lipinski definition) is 3. The van der Waals surface area contributed by atoms with Gasteiger partial charge in [0.1, 0.15) is 0 Å². The van der Waals surface area contributed by atoms with Crippen molar-refractivity contribution in [2.75, 3.05) is 0 Å². The van der Waals surface area contributed by atoms with Crippen LogP contribution in [-0.4, -0.2) is 19.6 Å². The molecule has 0 aliphatic heterocycles. The van der Waals surface area contributed by atoms with Gasteiger partial charge in [-0.2, -0.15) is 0 Å². The first-order valence-electron chi connectivity index (χ1n) is 5.92. The van der Waals surface area contributed by atoms with E-state index in [2.05, 4.69) is 34.2 Å². The molecule has 0 unspecified atom stereocenters. The molecule has 0 N–H and O–H groups in total. The summed E-state index contributed by atoms with van der Waals surface area (Å²) in [6.07, 6.45) is 0. The zero-order chi connectivity index (χ0) is 12.7. The molecule has 4 nitrogen and oxygen atoms in total. The van der Waals surface area contributed by atoms with Crippen LogP contribution in [0.25, 0.3) is 17.2 Å². The molecule has 0 fully saturated rings. The van der Waals surface area contributed by atoms with Crippen molar-refractivity contribution in [1.82, 2.24) is 19.6 Å². The highest BCUT2D eigenvalue weighted by Gasteiger charge is 2.12. The summed E-state index contributed by atoms with van der Waals surface area (Å²) < 4.78 is 2.00. The van der Waals surface area contributed by atoms with Crippen molar-refractivity contribution in [2.45, 2.75) is 20.8 Å². The lowest BCUT2D eigenvalue weighted by atomic mass is 10.1. The van der Waals surface area contributed by atoms with Gasteiger partial charge in [0.05, 0.1) is 0 Å². The summed E-state index contributed by atoms with van der Waals surface area (Å²) in [6, 6.07) is 10.2. The second-order valence-corrected chi connectivity index (χ2v) is 4.51. The number of aromatic nitrogens is 4. The van der Waals surface area contributed by atoms with E-state index in [-0.39, 0.29) is 0 Å². The van der Waals surface area contributed by atoms with Gasteiger partial charge in [0.2, 0.25) is 0 Å². The average Bonchev–Trinajstić information content (AvgIpc) is 2.73. The Bertz CT molecular complexity index is 728. The molecule has 90 valence electrons. The molecule has 0 radical (unpaired) electrons. The molecule has 3 rings (SSSR count). The Morgan fingerprint density at radius 1 is 1.00 bits per heavy atom. The standard InChI is InChI=1S/C14H14N4/c1-9-6-4-5-7-12(9)13-16-17-14-15-10(2)8-11(3)18(13)14/h4-8H,1-3H3. The summed E-state index contributed by atoms with van der Waals surface area (Å²) in [5.41, 5.74) is 4.34. The number of hydrogen-bond donors (Lipinski definition) is 0. The number of benzene rings is 1. The molecule has 1 aromatic carbocycles. The fourth-order valence-electron chi connectivity index (χ4n) is 2.23. The van der Waals surface area contributed by atoms with Crippen LogP contribution < -0.4 is 0 Å². The Hall–Kier alpha value is -2.23. The van der Waals surface area contributed by atoms with Crippen LogP contribution in [0.3, 0.4) is 0 Å². The van der Waals surface area contributed by atoms with Crippen LogP contribution >= 0.6 is 0 Å². The summed E-state index contributed by atoms with van der Waals surface area (Å²) in [7, 11) is 0. The minimum atomic E-state index is 0.658. The van der Waals surface area contributed by atoms with Gasteiger partial charge >= 0.3 is 0 Å². The maximum atomic E-state index is 4.40. The number of aryl methyl sites for hydroxylation is 3. The number of rotatable bonds is 1. The van der Waals surface area contributed by atoms with Crippen LogP contribution in [0.15, 0.2) is 30.3 Å². The van der Waals surface area contributed by atoms with E-state index < -0.39 is 0 Å². The van der Waals surface area contributed by atoms with Crippen molar-refractivity contribution >= 4 is 5.78 Å². The van der Waals surface area contributed by atoms with Crippen molar-refractivity contribution < 1.29 is 0 Å². The maximum Gasteiger partial charge on any atom is 0.255 e. The van der Waals surface area contributed by atoms with Gasteiger partial charge in [-0.15, -0.1) is 10.2 Å². The largest absolute Gasteiger partial charge is 0.264 e. The Morgan fingerprint density at radius 3 is 2.56 bits per heavy atom. The smallest absolute Gasteiger partial charge is 0.255 e. The third-order valence-corrected chi connectivity index (χ3v) is 3.08. The Morgan fingerprint density at radius 2 is 1.78 bits per heavy atom. The molecule has 0 bridgehead atoms. The fraction of sp³-hybridized carbons (Fsp3) is 0.214. The highest BCUT2D eigenvalue weighted by molar-refractivity contribution is 5.62. The summed E-state index contributed by atoms with van der Waals surface area (Å²) in [5, 5.41) is 8.44. The predicted molar refractivity (Wildman–Crippen MR) is 70.4 cm³/mol. The second-order valence-electron chi connectivity index (χ2n) is 4.51. The molecular weight excluding hydrogens is 224 g/mol. The lowest BCUT2D eigenvalue weighted by molar-refractivity contribution is 1.02. The molecular formula is C14H14N4. The first kappa shape index (κ1) is 10.9. The molecule has 18 heavy (non-hydrogen) atoms. The maximum absolute atomic E-state index is 4.40. The molecule has 0 amide bonds. The van der Waals surface area contributed by atoms with Crippen LogP contribution in [0, 0.1) is 20.8 Å². The minimum absolute atomic E-state index is 0.658. The molecule has 0 saturated carbocycles. The molecule has 0 atom stereocenters. The van der Waals surface area contributed by atoms with E-state index >= 15 is 0 Å². The molecule has 0 saturated heterocycles. The van der Waals surface area contributed by atoms with Gasteiger partial charge in [0, 0.05) is 17.0 Å². The van der Waals surface area contributed by atoms with Gasteiger partial charge in [0.15, 0.2) is 5.82 Å². The van der Waals surface area contributed by atoms with E-state index in [1.165, 1.54) is 5.56 Å². The van der Waals surface area contributed by atoms with E-state index in [9.17, 15) is 0 Å². The lowest BCUT2D eigenvalue weighted by Gasteiger charge is -2.06. The van der Waals surface area contributed by atoms with Crippen molar-refractivity contribution in [1.29, 1.82) is 0 Å². The van der Waals surface area contributed by atoms with Crippen molar-refractivity contribution in [2.24, 2.45) is 0 Å². The Balaban J connectivity index is 2.35. The van der Waals surface area contributed by atoms with Crippen LogP contribution in [-0.2, 0) is 0 Å². The highest BCUT2D eigenvalue weighted by atomic mass is 15.3. The van der Waals surface area contributed by atoms with E-state index in [0.29, 0.717) is 5.78 Å². The topological polar surface area (TPSA) is 43.1 Å². The lowest BCUT2D eigenvalue weighted by Crippen LogP contribution is -1.99. The van der Waals surface area contributed by atoms with Crippen molar-refractivity contribution in [3.63, 3.8) is 0 Å². The minimum Gasteiger partial charge on any atom is -0.264 e. The summed E-state index contributed by atoms with van der Waals surface area (Å²) in [5.74, 6) is 1.51. The molecule has 0 spiro atoms. The van der Waals surface area contributed by atoms with Gasteiger partial charge in [-0.3, -0.25) is 4.40 Å². The summed E-state index contributed by atoms with van der Waals surface area (Å²) in [6.45, 7) is 6.09. The summed E-state index contributed by atoms with van der Waals surface area (Å²) in [4.78, 5) is 4.40. The molecule has 0 aliphatic carbocycles. The molecule has 0 aliphatic rings. The average molecular weight is 238 g/mol. The van der Waals surface area contributed by atoms with Crippen LogP contribution in [0.1, 0.15) is 17.0 Å². The van der Waals surface area contributed by atoms with Gasteiger partial charge in [-0.1, -0.05) is 24.3 Å². The van der Waals surface area contributed by atoms with Crippen LogP contribution in [0.5, 0.6) is 0 Å². The van der Waals surface area contributed by atoms with Gasteiger partial charge in [0.25, 0.3) is 5.78 Å². The van der Waals surface area contributed by atoms with Gasteiger partial charge in [-0.05, 0) is 32.4 Å². The molecule has 3 aromatic rings. The quantitative estimate of drug-likeness (QED) is 0.654. The van der Waals surface area contributed by atoms with Gasteiger partial charge < -0.3 is 0 Å². The molecule has 4 heteroatoms. The molecule has 2 heterocycles. The number of fused-ring (bicyclic) bond motifs is 1. The monoisotopic (exact) mass is 238 g/mol. The first-order chi connectivity index (χ1) is 8.66. The summed E-state index contributed by atoms with van der Waals surface area (Å²) >= 11 is 0. The third-order valence-electron chi connectivity index (χ3n) is 3.08. The first-order valence-corrected chi connectivity index (χ1v) is 5.92. The van der Waals surface area contributed by atoms with Crippen molar-refractivity contribution in [3.8, 4) is 11.4 Å². The van der Waals surface area contributed by atoms with Crippen molar-refractivity contribution in [3.05, 3.63) is 47.3 Å². The SMILES string of the molecule is Cc1cc(C)n2c(-c3ccccc3C)nnc2n1.